The Morgan fingerprint density at radius 2 is 1.74 bits per heavy atom. The minimum absolute atomic E-state index is 0.114. The fourth-order valence-electron chi connectivity index (χ4n) is 3.01. The van der Waals surface area contributed by atoms with Crippen LogP contribution in [0.15, 0.2) is 24.3 Å². The van der Waals surface area contributed by atoms with Crippen molar-refractivity contribution in [3.8, 4) is 5.75 Å². The van der Waals surface area contributed by atoms with Crippen molar-refractivity contribution in [2.24, 2.45) is 5.92 Å². The van der Waals surface area contributed by atoms with Gasteiger partial charge in [-0.25, -0.2) is 0 Å². The van der Waals surface area contributed by atoms with Crippen LogP contribution in [0.5, 0.6) is 5.75 Å². The SMILES string of the molecule is COC(=O)[C@@H](c1ccc(OC)cc1)C1CCCCC1. The molecule has 0 heterocycles. The molecule has 0 unspecified atom stereocenters. The van der Waals surface area contributed by atoms with Gasteiger partial charge in [0.2, 0.25) is 0 Å². The second-order valence-electron chi connectivity index (χ2n) is 5.17. The molecule has 0 N–H and O–H groups in total. The Morgan fingerprint density at radius 1 is 1.11 bits per heavy atom. The average molecular weight is 262 g/mol. The molecule has 19 heavy (non-hydrogen) atoms. The van der Waals surface area contributed by atoms with Crippen molar-refractivity contribution in [3.05, 3.63) is 29.8 Å². The Hall–Kier alpha value is -1.51. The van der Waals surface area contributed by atoms with Crippen LogP contribution in [0.1, 0.15) is 43.6 Å². The van der Waals surface area contributed by atoms with Gasteiger partial charge < -0.3 is 9.47 Å². The van der Waals surface area contributed by atoms with Crippen LogP contribution >= 0.6 is 0 Å². The van der Waals surface area contributed by atoms with E-state index in [0.29, 0.717) is 5.92 Å². The molecular formula is C16H22O3. The number of methoxy groups -OCH3 is 2. The van der Waals surface area contributed by atoms with Crippen LogP contribution in [0.2, 0.25) is 0 Å². The molecule has 2 rings (SSSR count). The van der Waals surface area contributed by atoms with Gasteiger partial charge in [-0.05, 0) is 36.5 Å². The highest BCUT2D eigenvalue weighted by atomic mass is 16.5. The number of hydrogen-bond acceptors (Lipinski definition) is 3. The Kier molecular flexibility index (Phi) is 4.83. The molecule has 0 spiro atoms. The summed E-state index contributed by atoms with van der Waals surface area (Å²) in [6, 6.07) is 7.78. The molecule has 3 heteroatoms. The van der Waals surface area contributed by atoms with Crippen molar-refractivity contribution >= 4 is 5.97 Å². The molecular weight excluding hydrogens is 240 g/mol. The molecule has 0 saturated heterocycles. The molecule has 1 atom stereocenters. The quantitative estimate of drug-likeness (QED) is 0.779. The van der Waals surface area contributed by atoms with Gasteiger partial charge in [-0.15, -0.1) is 0 Å². The lowest BCUT2D eigenvalue weighted by atomic mass is 9.77. The van der Waals surface area contributed by atoms with E-state index in [2.05, 4.69) is 0 Å². The number of ether oxygens (including phenoxy) is 2. The van der Waals surface area contributed by atoms with E-state index in [0.717, 1.165) is 24.2 Å². The average Bonchev–Trinajstić information content (AvgIpc) is 2.49. The van der Waals surface area contributed by atoms with Crippen molar-refractivity contribution < 1.29 is 14.3 Å². The van der Waals surface area contributed by atoms with Gasteiger partial charge in [0.15, 0.2) is 0 Å². The van der Waals surface area contributed by atoms with Gasteiger partial charge in [0, 0.05) is 0 Å². The molecule has 0 aromatic heterocycles. The summed E-state index contributed by atoms with van der Waals surface area (Å²) in [4.78, 5) is 12.1. The number of esters is 1. The van der Waals surface area contributed by atoms with E-state index in [1.165, 1.54) is 26.4 Å². The van der Waals surface area contributed by atoms with Crippen LogP contribution in [0, 0.1) is 5.92 Å². The number of rotatable bonds is 4. The minimum Gasteiger partial charge on any atom is -0.497 e. The Balaban J connectivity index is 2.22. The summed E-state index contributed by atoms with van der Waals surface area (Å²) in [6.45, 7) is 0. The first-order valence-corrected chi connectivity index (χ1v) is 6.98. The van der Waals surface area contributed by atoms with Crippen LogP contribution in [0.4, 0.5) is 0 Å². The molecule has 1 aliphatic rings. The Bertz CT molecular complexity index is 405. The van der Waals surface area contributed by atoms with E-state index >= 15 is 0 Å². The molecule has 1 aromatic carbocycles. The van der Waals surface area contributed by atoms with Crippen LogP contribution in [0.25, 0.3) is 0 Å². The molecule has 0 aliphatic heterocycles. The van der Waals surface area contributed by atoms with Crippen LogP contribution in [-0.2, 0) is 9.53 Å². The smallest absolute Gasteiger partial charge is 0.313 e. The lowest BCUT2D eigenvalue weighted by Gasteiger charge is -2.28. The zero-order chi connectivity index (χ0) is 13.7. The third kappa shape index (κ3) is 3.28. The summed E-state index contributed by atoms with van der Waals surface area (Å²) >= 11 is 0. The van der Waals surface area contributed by atoms with E-state index in [4.69, 9.17) is 9.47 Å². The maximum atomic E-state index is 12.1. The third-order valence-electron chi connectivity index (χ3n) is 4.05. The molecule has 1 saturated carbocycles. The number of carbonyl (C=O) groups is 1. The maximum Gasteiger partial charge on any atom is 0.313 e. The van der Waals surface area contributed by atoms with Gasteiger partial charge in [-0.2, -0.15) is 0 Å². The van der Waals surface area contributed by atoms with Crippen LogP contribution in [-0.4, -0.2) is 20.2 Å². The first kappa shape index (κ1) is 13.9. The minimum atomic E-state index is -0.129. The molecule has 1 aliphatic carbocycles. The zero-order valence-electron chi connectivity index (χ0n) is 11.7. The number of carbonyl (C=O) groups excluding carboxylic acids is 1. The van der Waals surface area contributed by atoms with Gasteiger partial charge in [-0.1, -0.05) is 31.4 Å². The first-order valence-electron chi connectivity index (χ1n) is 6.98. The summed E-state index contributed by atoms with van der Waals surface area (Å²) in [6.07, 6.45) is 5.95. The van der Waals surface area contributed by atoms with Crippen molar-refractivity contribution in [1.82, 2.24) is 0 Å². The highest BCUT2D eigenvalue weighted by Gasteiger charge is 2.31. The largest absolute Gasteiger partial charge is 0.497 e. The van der Waals surface area contributed by atoms with Gasteiger partial charge in [-0.3, -0.25) is 4.79 Å². The van der Waals surface area contributed by atoms with E-state index in [1.54, 1.807) is 7.11 Å². The third-order valence-corrected chi connectivity index (χ3v) is 4.05. The lowest BCUT2D eigenvalue weighted by Crippen LogP contribution is -2.25. The highest BCUT2D eigenvalue weighted by molar-refractivity contribution is 5.78. The standard InChI is InChI=1S/C16H22O3/c1-18-14-10-8-13(9-11-14)15(16(17)19-2)12-6-4-3-5-7-12/h8-12,15H,3-7H2,1-2H3/t15-/m1/s1. The first-order chi connectivity index (χ1) is 9.26. The van der Waals surface area contributed by atoms with Crippen LogP contribution < -0.4 is 4.74 Å². The van der Waals surface area contributed by atoms with Gasteiger partial charge in [0.1, 0.15) is 5.75 Å². The van der Waals surface area contributed by atoms with Crippen molar-refractivity contribution in [1.29, 1.82) is 0 Å². The van der Waals surface area contributed by atoms with Crippen molar-refractivity contribution in [3.63, 3.8) is 0 Å². The summed E-state index contributed by atoms with van der Waals surface area (Å²) < 4.78 is 10.2. The summed E-state index contributed by atoms with van der Waals surface area (Å²) in [5.74, 6) is 0.985. The monoisotopic (exact) mass is 262 g/mol. The fraction of sp³-hybridized carbons (Fsp3) is 0.562. The highest BCUT2D eigenvalue weighted by Crippen LogP contribution is 2.37. The number of hydrogen-bond donors (Lipinski definition) is 0. The maximum absolute atomic E-state index is 12.1. The van der Waals surface area contributed by atoms with E-state index in [-0.39, 0.29) is 11.9 Å². The van der Waals surface area contributed by atoms with E-state index < -0.39 is 0 Å². The van der Waals surface area contributed by atoms with Crippen LogP contribution in [0.3, 0.4) is 0 Å². The summed E-state index contributed by atoms with van der Waals surface area (Å²) in [7, 11) is 3.12. The lowest BCUT2D eigenvalue weighted by molar-refractivity contribution is -0.144. The second-order valence-corrected chi connectivity index (χ2v) is 5.17. The van der Waals surface area contributed by atoms with E-state index in [1.807, 2.05) is 24.3 Å². The Labute approximate surface area is 114 Å². The molecule has 104 valence electrons. The molecule has 0 amide bonds. The predicted octanol–water partition coefficient (Wildman–Crippen LogP) is 3.53. The fourth-order valence-corrected chi connectivity index (χ4v) is 3.01. The number of benzene rings is 1. The Morgan fingerprint density at radius 3 is 2.26 bits per heavy atom. The molecule has 0 radical (unpaired) electrons. The topological polar surface area (TPSA) is 35.5 Å². The zero-order valence-corrected chi connectivity index (χ0v) is 11.7. The molecule has 1 aromatic rings. The van der Waals surface area contributed by atoms with Gasteiger partial charge in [0.25, 0.3) is 0 Å². The predicted molar refractivity (Wildman–Crippen MR) is 74.3 cm³/mol. The van der Waals surface area contributed by atoms with E-state index in [9.17, 15) is 4.79 Å². The van der Waals surface area contributed by atoms with Gasteiger partial charge in [0.05, 0.1) is 20.1 Å². The van der Waals surface area contributed by atoms with Crippen molar-refractivity contribution in [2.45, 2.75) is 38.0 Å². The molecule has 1 fully saturated rings. The summed E-state index contributed by atoms with van der Waals surface area (Å²) in [5, 5.41) is 0. The van der Waals surface area contributed by atoms with Gasteiger partial charge >= 0.3 is 5.97 Å². The normalized spacial score (nSPS) is 17.8. The molecule has 3 nitrogen and oxygen atoms in total. The molecule has 0 bridgehead atoms. The summed E-state index contributed by atoms with van der Waals surface area (Å²) in [5.41, 5.74) is 1.04. The van der Waals surface area contributed by atoms with Crippen molar-refractivity contribution in [2.75, 3.05) is 14.2 Å². The second kappa shape index (κ2) is 6.60.